The Hall–Kier alpha value is -2.67. The molecule has 1 aromatic carbocycles. The number of nitrogens with zero attached hydrogens (tertiary/aromatic N) is 5. The summed E-state index contributed by atoms with van der Waals surface area (Å²) in [7, 11) is 0. The van der Waals surface area contributed by atoms with Crippen LogP contribution in [-0.2, 0) is 0 Å². The van der Waals surface area contributed by atoms with E-state index in [0.717, 1.165) is 12.2 Å². The molecule has 0 radical (unpaired) electrons. The zero-order valence-corrected chi connectivity index (χ0v) is 15.3. The zero-order chi connectivity index (χ0) is 18.3. The zero-order valence-electron chi connectivity index (χ0n) is 15.3. The number of nitrogen functional groups attached to an aromatic ring is 2. The number of rotatable bonds is 3. The fourth-order valence-electron chi connectivity index (χ4n) is 3.90. The summed E-state index contributed by atoms with van der Waals surface area (Å²) in [5, 5.41) is 0. The van der Waals surface area contributed by atoms with Gasteiger partial charge in [0.2, 0.25) is 5.95 Å². The van der Waals surface area contributed by atoms with Gasteiger partial charge in [0.1, 0.15) is 6.33 Å². The Kier molecular flexibility index (Phi) is 4.24. The minimum atomic E-state index is 0.161. The molecule has 1 aliphatic heterocycles. The van der Waals surface area contributed by atoms with E-state index in [1.165, 1.54) is 37.1 Å². The maximum absolute atomic E-state index is 5.92. The van der Waals surface area contributed by atoms with E-state index in [-0.39, 0.29) is 5.95 Å². The Labute approximate surface area is 153 Å². The normalized spacial score (nSPS) is 16.4. The van der Waals surface area contributed by atoms with E-state index in [0.29, 0.717) is 22.9 Å². The van der Waals surface area contributed by atoms with Crippen molar-refractivity contribution in [3.05, 3.63) is 35.7 Å². The topological polar surface area (TPSA) is 98.9 Å². The Morgan fingerprint density at radius 2 is 1.92 bits per heavy atom. The average Bonchev–Trinajstić information content (AvgIpc) is 3.05. The number of nitrogens with two attached hydrogens (primary N) is 2. The molecule has 3 heterocycles. The van der Waals surface area contributed by atoms with Gasteiger partial charge < -0.3 is 16.4 Å². The minimum absolute atomic E-state index is 0.161. The highest BCUT2D eigenvalue weighted by Gasteiger charge is 2.20. The van der Waals surface area contributed by atoms with Crippen LogP contribution in [0.5, 0.6) is 0 Å². The number of anilines is 2. The first-order chi connectivity index (χ1) is 12.6. The van der Waals surface area contributed by atoms with E-state index in [4.69, 9.17) is 11.5 Å². The van der Waals surface area contributed by atoms with Crippen LogP contribution in [0.4, 0.5) is 11.8 Å². The molecule has 0 saturated carbocycles. The van der Waals surface area contributed by atoms with Gasteiger partial charge in [-0.15, -0.1) is 0 Å². The number of likely N-dealkylation sites (tertiary alicyclic amines) is 1. The smallest absolute Gasteiger partial charge is 0.224 e. The van der Waals surface area contributed by atoms with Crippen LogP contribution < -0.4 is 11.5 Å². The van der Waals surface area contributed by atoms with Gasteiger partial charge in [-0.05, 0) is 62.5 Å². The lowest BCUT2D eigenvalue weighted by atomic mass is 9.88. The number of imidazole rings is 1. The first-order valence-electron chi connectivity index (χ1n) is 9.16. The third-order valence-electron chi connectivity index (χ3n) is 5.43. The quantitative estimate of drug-likeness (QED) is 0.752. The summed E-state index contributed by atoms with van der Waals surface area (Å²) < 4.78 is 1.93. The van der Waals surface area contributed by atoms with Crippen LogP contribution >= 0.6 is 0 Å². The number of fused-ring (bicyclic) bond motifs is 1. The van der Waals surface area contributed by atoms with Crippen LogP contribution in [0.3, 0.4) is 0 Å². The first-order valence-corrected chi connectivity index (χ1v) is 9.16. The van der Waals surface area contributed by atoms with Crippen molar-refractivity contribution in [2.45, 2.75) is 32.6 Å². The summed E-state index contributed by atoms with van der Waals surface area (Å²) in [6.07, 6.45) is 4.18. The summed E-state index contributed by atoms with van der Waals surface area (Å²) >= 11 is 0. The Morgan fingerprint density at radius 3 is 2.62 bits per heavy atom. The van der Waals surface area contributed by atoms with Crippen LogP contribution in [0.1, 0.15) is 36.8 Å². The van der Waals surface area contributed by atoms with Crippen molar-refractivity contribution in [1.82, 2.24) is 24.4 Å². The molecular weight excluding hydrogens is 326 g/mol. The second-order valence-electron chi connectivity index (χ2n) is 7.01. The molecule has 1 saturated heterocycles. The van der Waals surface area contributed by atoms with Crippen LogP contribution in [-0.4, -0.2) is 44.1 Å². The molecule has 0 spiro atoms. The summed E-state index contributed by atoms with van der Waals surface area (Å²) in [5.74, 6) is 1.11. The number of benzene rings is 1. The van der Waals surface area contributed by atoms with Crippen LogP contribution in [0.15, 0.2) is 24.5 Å². The van der Waals surface area contributed by atoms with Crippen molar-refractivity contribution in [2.24, 2.45) is 0 Å². The molecule has 2 aromatic heterocycles. The van der Waals surface area contributed by atoms with Gasteiger partial charge in [-0.25, -0.2) is 4.98 Å². The fourth-order valence-corrected chi connectivity index (χ4v) is 3.90. The van der Waals surface area contributed by atoms with Crippen LogP contribution in [0.25, 0.3) is 16.9 Å². The van der Waals surface area contributed by atoms with Crippen molar-refractivity contribution in [1.29, 1.82) is 0 Å². The molecule has 0 aliphatic carbocycles. The van der Waals surface area contributed by atoms with Gasteiger partial charge >= 0.3 is 0 Å². The Morgan fingerprint density at radius 1 is 1.15 bits per heavy atom. The highest BCUT2D eigenvalue weighted by molar-refractivity contribution is 5.84. The lowest BCUT2D eigenvalue weighted by Crippen LogP contribution is -2.32. The Bertz CT molecular complexity index is 938. The molecule has 0 unspecified atom stereocenters. The fraction of sp³-hybridized carbons (Fsp3) is 0.421. The van der Waals surface area contributed by atoms with Crippen molar-refractivity contribution in [3.63, 3.8) is 0 Å². The molecule has 0 atom stereocenters. The van der Waals surface area contributed by atoms with Crippen LogP contribution in [0, 0.1) is 6.92 Å². The minimum Gasteiger partial charge on any atom is -0.382 e. The molecule has 4 rings (SSSR count). The summed E-state index contributed by atoms with van der Waals surface area (Å²) in [6.45, 7) is 7.87. The second kappa shape index (κ2) is 6.57. The predicted molar refractivity (Wildman–Crippen MR) is 104 cm³/mol. The monoisotopic (exact) mass is 351 g/mol. The van der Waals surface area contributed by atoms with Crippen molar-refractivity contribution in [2.75, 3.05) is 31.1 Å². The maximum Gasteiger partial charge on any atom is 0.224 e. The molecule has 1 aliphatic rings. The maximum atomic E-state index is 5.92. The van der Waals surface area contributed by atoms with E-state index >= 15 is 0 Å². The van der Waals surface area contributed by atoms with Gasteiger partial charge in [0.15, 0.2) is 17.0 Å². The molecule has 26 heavy (non-hydrogen) atoms. The number of hydrogen-bond acceptors (Lipinski definition) is 6. The van der Waals surface area contributed by atoms with Gasteiger partial charge in [0.05, 0.1) is 5.69 Å². The third-order valence-corrected chi connectivity index (χ3v) is 5.43. The highest BCUT2D eigenvalue weighted by Crippen LogP contribution is 2.31. The molecular formula is C19H25N7. The molecule has 7 heteroatoms. The van der Waals surface area contributed by atoms with E-state index in [1.807, 2.05) is 4.57 Å². The van der Waals surface area contributed by atoms with Crippen molar-refractivity contribution >= 4 is 22.9 Å². The largest absolute Gasteiger partial charge is 0.382 e. The molecule has 3 aromatic rings. The molecule has 0 amide bonds. The Balaban J connectivity index is 1.67. The lowest BCUT2D eigenvalue weighted by Gasteiger charge is -2.31. The van der Waals surface area contributed by atoms with Crippen molar-refractivity contribution in [3.8, 4) is 5.69 Å². The van der Waals surface area contributed by atoms with Gasteiger partial charge in [-0.3, -0.25) is 4.57 Å². The molecule has 136 valence electrons. The van der Waals surface area contributed by atoms with Crippen molar-refractivity contribution < 1.29 is 0 Å². The molecule has 0 bridgehead atoms. The SMILES string of the molecule is CCN1CCC(c2ccc(-n3cnc4c(N)nc(N)nc43)c(C)c2)CC1. The summed E-state index contributed by atoms with van der Waals surface area (Å²) in [6, 6.07) is 6.67. The first kappa shape index (κ1) is 16.8. The predicted octanol–water partition coefficient (Wildman–Crippen LogP) is 2.49. The second-order valence-corrected chi connectivity index (χ2v) is 7.01. The standard InChI is InChI=1S/C19H25N7/c1-3-25-8-6-13(7-9-25)14-4-5-15(12(2)10-14)26-11-22-16-17(20)23-19(21)24-18(16)26/h4-5,10-11,13H,3,6-9H2,1-2H3,(H4,20,21,23,24). The van der Waals surface area contributed by atoms with E-state index in [9.17, 15) is 0 Å². The molecule has 7 nitrogen and oxygen atoms in total. The third kappa shape index (κ3) is 2.88. The number of piperidine rings is 1. The van der Waals surface area contributed by atoms with Crippen LogP contribution in [0.2, 0.25) is 0 Å². The van der Waals surface area contributed by atoms with Gasteiger partial charge in [-0.1, -0.05) is 19.1 Å². The molecule has 1 fully saturated rings. The molecule has 4 N–H and O–H groups in total. The number of hydrogen-bond donors (Lipinski definition) is 2. The highest BCUT2D eigenvalue weighted by atomic mass is 15.2. The van der Waals surface area contributed by atoms with E-state index < -0.39 is 0 Å². The van der Waals surface area contributed by atoms with E-state index in [2.05, 4.69) is 51.9 Å². The summed E-state index contributed by atoms with van der Waals surface area (Å²) in [4.78, 5) is 15.2. The number of aryl methyl sites for hydroxylation is 1. The lowest BCUT2D eigenvalue weighted by molar-refractivity contribution is 0.222. The van der Waals surface area contributed by atoms with Gasteiger partial charge in [0.25, 0.3) is 0 Å². The van der Waals surface area contributed by atoms with Gasteiger partial charge in [0, 0.05) is 0 Å². The van der Waals surface area contributed by atoms with E-state index in [1.54, 1.807) is 6.33 Å². The number of aromatic nitrogens is 4. The van der Waals surface area contributed by atoms with Gasteiger partial charge in [-0.2, -0.15) is 9.97 Å². The summed E-state index contributed by atoms with van der Waals surface area (Å²) in [5.41, 5.74) is 16.6. The average molecular weight is 351 g/mol.